The normalized spacial score (nSPS) is 12.8. The lowest BCUT2D eigenvalue weighted by molar-refractivity contribution is -0.138. The van der Waals surface area contributed by atoms with Gasteiger partial charge in [-0.25, -0.2) is 4.98 Å². The topological polar surface area (TPSA) is 50.2 Å². The molecular formula is C9H13NO2S. The van der Waals surface area contributed by atoms with Crippen LogP contribution >= 0.6 is 11.3 Å². The Bertz CT molecular complexity index is 296. The molecule has 72 valence electrons. The first kappa shape index (κ1) is 10.2. The molecule has 1 rings (SSSR count). The summed E-state index contributed by atoms with van der Waals surface area (Å²) < 4.78 is 0. The van der Waals surface area contributed by atoms with Gasteiger partial charge in [-0.2, -0.15) is 0 Å². The van der Waals surface area contributed by atoms with E-state index in [1.54, 1.807) is 6.92 Å². The van der Waals surface area contributed by atoms with Crippen molar-refractivity contribution >= 4 is 17.3 Å². The Balaban J connectivity index is 2.73. The van der Waals surface area contributed by atoms with Crippen LogP contribution in [0.4, 0.5) is 0 Å². The summed E-state index contributed by atoms with van der Waals surface area (Å²) in [5.41, 5.74) is 1.01. The van der Waals surface area contributed by atoms with Crippen molar-refractivity contribution in [2.75, 3.05) is 0 Å². The zero-order chi connectivity index (χ0) is 9.84. The van der Waals surface area contributed by atoms with Crippen LogP contribution in [0.2, 0.25) is 0 Å². The number of carbonyl (C=O) groups is 1. The second-order valence-corrected chi connectivity index (χ2v) is 3.88. The van der Waals surface area contributed by atoms with Crippen molar-refractivity contribution in [1.29, 1.82) is 0 Å². The number of hydrogen-bond donors (Lipinski definition) is 1. The SMILES string of the molecule is CCCc1csc(C(C)C(=O)O)n1. The summed E-state index contributed by atoms with van der Waals surface area (Å²) in [5, 5.41) is 11.4. The Morgan fingerprint density at radius 3 is 3.00 bits per heavy atom. The molecule has 0 aromatic carbocycles. The van der Waals surface area contributed by atoms with Gasteiger partial charge in [0.1, 0.15) is 10.9 Å². The van der Waals surface area contributed by atoms with Gasteiger partial charge >= 0.3 is 5.97 Å². The molecule has 0 amide bonds. The largest absolute Gasteiger partial charge is 0.481 e. The second kappa shape index (κ2) is 4.37. The molecule has 1 aromatic heterocycles. The zero-order valence-corrected chi connectivity index (χ0v) is 8.60. The minimum absolute atomic E-state index is 0.476. The van der Waals surface area contributed by atoms with E-state index < -0.39 is 11.9 Å². The predicted octanol–water partition coefficient (Wildman–Crippen LogP) is 2.28. The lowest BCUT2D eigenvalue weighted by Crippen LogP contribution is -2.06. The van der Waals surface area contributed by atoms with Crippen LogP contribution in [-0.2, 0) is 11.2 Å². The van der Waals surface area contributed by atoms with Crippen molar-refractivity contribution in [2.24, 2.45) is 0 Å². The molecule has 0 saturated heterocycles. The average molecular weight is 199 g/mol. The number of thiazole rings is 1. The number of aryl methyl sites for hydroxylation is 1. The summed E-state index contributed by atoms with van der Waals surface area (Å²) in [7, 11) is 0. The fourth-order valence-electron chi connectivity index (χ4n) is 0.998. The molecule has 0 bridgehead atoms. The number of aromatic nitrogens is 1. The van der Waals surface area contributed by atoms with Gasteiger partial charge in [-0.3, -0.25) is 4.79 Å². The number of hydrogen-bond acceptors (Lipinski definition) is 3. The second-order valence-electron chi connectivity index (χ2n) is 2.99. The summed E-state index contributed by atoms with van der Waals surface area (Å²) in [6.45, 7) is 3.75. The van der Waals surface area contributed by atoms with Crippen molar-refractivity contribution in [3.05, 3.63) is 16.1 Å². The van der Waals surface area contributed by atoms with Gasteiger partial charge in [-0.05, 0) is 13.3 Å². The molecule has 13 heavy (non-hydrogen) atoms. The lowest BCUT2D eigenvalue weighted by Gasteiger charge is -1.99. The van der Waals surface area contributed by atoms with Crippen LogP contribution in [0.1, 0.15) is 36.9 Å². The fourth-order valence-corrected chi connectivity index (χ4v) is 1.90. The van der Waals surface area contributed by atoms with Crippen LogP contribution in [0.3, 0.4) is 0 Å². The van der Waals surface area contributed by atoms with Crippen LogP contribution in [0.15, 0.2) is 5.38 Å². The summed E-state index contributed by atoms with van der Waals surface area (Å²) >= 11 is 1.43. The first-order chi connectivity index (χ1) is 6.15. The molecule has 0 spiro atoms. The monoisotopic (exact) mass is 199 g/mol. The van der Waals surface area contributed by atoms with Crippen molar-refractivity contribution in [1.82, 2.24) is 4.98 Å². The van der Waals surface area contributed by atoms with E-state index in [0.29, 0.717) is 5.01 Å². The van der Waals surface area contributed by atoms with Crippen molar-refractivity contribution in [3.8, 4) is 0 Å². The van der Waals surface area contributed by atoms with Crippen LogP contribution in [0.25, 0.3) is 0 Å². The molecule has 0 saturated carbocycles. The van der Waals surface area contributed by atoms with Gasteiger partial charge in [0.2, 0.25) is 0 Å². The van der Waals surface area contributed by atoms with Gasteiger partial charge in [-0.15, -0.1) is 11.3 Å². The van der Waals surface area contributed by atoms with E-state index >= 15 is 0 Å². The van der Waals surface area contributed by atoms with Crippen LogP contribution < -0.4 is 0 Å². The fraction of sp³-hybridized carbons (Fsp3) is 0.556. The number of carboxylic acid groups (broad SMARTS) is 1. The van der Waals surface area contributed by atoms with E-state index in [2.05, 4.69) is 11.9 Å². The smallest absolute Gasteiger partial charge is 0.313 e. The van der Waals surface area contributed by atoms with E-state index in [-0.39, 0.29) is 0 Å². The van der Waals surface area contributed by atoms with E-state index in [1.165, 1.54) is 11.3 Å². The summed E-state index contributed by atoms with van der Waals surface area (Å²) in [6, 6.07) is 0. The molecule has 0 radical (unpaired) electrons. The van der Waals surface area contributed by atoms with Gasteiger partial charge in [0.25, 0.3) is 0 Å². The third-order valence-electron chi connectivity index (χ3n) is 1.82. The zero-order valence-electron chi connectivity index (χ0n) is 7.78. The maximum absolute atomic E-state index is 10.6. The Hall–Kier alpha value is -0.900. The van der Waals surface area contributed by atoms with Gasteiger partial charge in [0.05, 0.1) is 5.69 Å². The highest BCUT2D eigenvalue weighted by Gasteiger charge is 2.16. The van der Waals surface area contributed by atoms with Crippen molar-refractivity contribution in [3.63, 3.8) is 0 Å². The first-order valence-corrected chi connectivity index (χ1v) is 5.20. The van der Waals surface area contributed by atoms with Crippen molar-refractivity contribution in [2.45, 2.75) is 32.6 Å². The summed E-state index contributed by atoms with van der Waals surface area (Å²) in [5.74, 6) is -1.28. The Morgan fingerprint density at radius 2 is 2.46 bits per heavy atom. The molecule has 0 fully saturated rings. The van der Waals surface area contributed by atoms with Gasteiger partial charge in [0.15, 0.2) is 0 Å². The van der Waals surface area contributed by atoms with Crippen LogP contribution in [0, 0.1) is 0 Å². The molecule has 4 heteroatoms. The summed E-state index contributed by atoms with van der Waals surface area (Å²) in [6.07, 6.45) is 1.98. The maximum Gasteiger partial charge on any atom is 0.313 e. The highest BCUT2D eigenvalue weighted by Crippen LogP contribution is 2.20. The van der Waals surface area contributed by atoms with Crippen molar-refractivity contribution < 1.29 is 9.90 Å². The number of nitrogens with zero attached hydrogens (tertiary/aromatic N) is 1. The highest BCUT2D eigenvalue weighted by molar-refractivity contribution is 7.09. The quantitative estimate of drug-likeness (QED) is 0.809. The van der Waals surface area contributed by atoms with Crippen LogP contribution in [-0.4, -0.2) is 16.1 Å². The Labute approximate surface area is 81.4 Å². The van der Waals surface area contributed by atoms with Gasteiger partial charge in [0, 0.05) is 5.38 Å². The number of aliphatic carboxylic acids is 1. The molecule has 1 aromatic rings. The predicted molar refractivity (Wildman–Crippen MR) is 52.2 cm³/mol. The number of carboxylic acids is 1. The highest BCUT2D eigenvalue weighted by atomic mass is 32.1. The van der Waals surface area contributed by atoms with E-state index in [1.807, 2.05) is 5.38 Å². The molecule has 1 unspecified atom stereocenters. The third kappa shape index (κ3) is 2.52. The first-order valence-electron chi connectivity index (χ1n) is 4.32. The third-order valence-corrected chi connectivity index (χ3v) is 2.89. The van der Waals surface area contributed by atoms with E-state index in [0.717, 1.165) is 18.5 Å². The van der Waals surface area contributed by atoms with E-state index in [9.17, 15) is 4.79 Å². The molecular weight excluding hydrogens is 186 g/mol. The van der Waals surface area contributed by atoms with Gasteiger partial charge in [-0.1, -0.05) is 13.3 Å². The molecule has 0 aliphatic carbocycles. The average Bonchev–Trinajstić information content (AvgIpc) is 2.52. The standard InChI is InChI=1S/C9H13NO2S/c1-3-4-7-5-13-8(10-7)6(2)9(11)12/h5-6H,3-4H2,1-2H3,(H,11,12). The Morgan fingerprint density at radius 1 is 1.77 bits per heavy atom. The minimum Gasteiger partial charge on any atom is -0.481 e. The molecule has 1 atom stereocenters. The Kier molecular flexibility index (Phi) is 3.42. The molecule has 1 heterocycles. The lowest BCUT2D eigenvalue weighted by atomic mass is 10.2. The minimum atomic E-state index is -0.808. The maximum atomic E-state index is 10.6. The number of rotatable bonds is 4. The van der Waals surface area contributed by atoms with E-state index in [4.69, 9.17) is 5.11 Å². The molecule has 0 aliphatic heterocycles. The summed E-state index contributed by atoms with van der Waals surface area (Å²) in [4.78, 5) is 14.9. The van der Waals surface area contributed by atoms with Gasteiger partial charge < -0.3 is 5.11 Å². The molecule has 1 N–H and O–H groups in total. The molecule has 3 nitrogen and oxygen atoms in total. The van der Waals surface area contributed by atoms with Crippen LogP contribution in [0.5, 0.6) is 0 Å². The molecule has 0 aliphatic rings.